The molecule has 0 unspecified atom stereocenters. The van der Waals surface area contributed by atoms with Crippen molar-refractivity contribution >= 4 is 40.6 Å². The van der Waals surface area contributed by atoms with Crippen LogP contribution in [0, 0.1) is 0 Å². The van der Waals surface area contributed by atoms with Crippen molar-refractivity contribution in [1.82, 2.24) is 4.98 Å². The van der Waals surface area contributed by atoms with Gasteiger partial charge in [0, 0.05) is 49.1 Å². The lowest BCUT2D eigenvalue weighted by atomic mass is 10.1. The van der Waals surface area contributed by atoms with Gasteiger partial charge in [-0.3, -0.25) is 4.99 Å². The highest BCUT2D eigenvalue weighted by Gasteiger charge is 2.25. The Bertz CT molecular complexity index is 725. The number of anilines is 1. The van der Waals surface area contributed by atoms with Crippen LogP contribution in [-0.4, -0.2) is 42.8 Å². The molecule has 0 radical (unpaired) electrons. The molecule has 1 aliphatic rings. The molecule has 5 heteroatoms. The Hall–Kier alpha value is -1.59. The van der Waals surface area contributed by atoms with Crippen molar-refractivity contribution in [3.8, 4) is 10.4 Å². The summed E-state index contributed by atoms with van der Waals surface area (Å²) < 4.78 is 0. The minimum absolute atomic E-state index is 0.790. The molecule has 2 aromatic rings. The third-order valence-electron chi connectivity index (χ3n) is 4.14. The number of thioether (sulfide) groups is 1. The Morgan fingerprint density at radius 2 is 2.12 bits per heavy atom. The summed E-state index contributed by atoms with van der Waals surface area (Å²) in [6.45, 7) is 4.45. The van der Waals surface area contributed by atoms with Gasteiger partial charge in [0.25, 0.3) is 0 Å². The zero-order valence-corrected chi connectivity index (χ0v) is 16.0. The molecule has 1 aromatic carbocycles. The first kappa shape index (κ1) is 17.2. The Morgan fingerprint density at radius 1 is 1.38 bits per heavy atom. The number of allylic oxidation sites excluding steroid dienone is 2. The van der Waals surface area contributed by atoms with Gasteiger partial charge in [-0.25, -0.2) is 4.98 Å². The Morgan fingerprint density at radius 3 is 2.75 bits per heavy atom. The van der Waals surface area contributed by atoms with Crippen molar-refractivity contribution in [1.29, 1.82) is 0 Å². The number of hydrogen-bond donors (Lipinski definition) is 0. The van der Waals surface area contributed by atoms with Crippen molar-refractivity contribution in [3.05, 3.63) is 41.5 Å². The van der Waals surface area contributed by atoms with E-state index in [-0.39, 0.29) is 0 Å². The second kappa shape index (κ2) is 7.99. The molecule has 24 heavy (non-hydrogen) atoms. The van der Waals surface area contributed by atoms with Crippen LogP contribution in [0.2, 0.25) is 0 Å². The van der Waals surface area contributed by atoms with E-state index in [2.05, 4.69) is 58.4 Å². The maximum atomic E-state index is 4.58. The molecule has 0 saturated carbocycles. The van der Waals surface area contributed by atoms with Crippen molar-refractivity contribution in [2.45, 2.75) is 18.6 Å². The summed E-state index contributed by atoms with van der Waals surface area (Å²) in [4.78, 5) is 12.4. The monoisotopic (exact) mass is 357 g/mol. The topological polar surface area (TPSA) is 28.5 Å². The number of aromatic nitrogens is 1. The summed E-state index contributed by atoms with van der Waals surface area (Å²) in [7, 11) is 1.80. The van der Waals surface area contributed by atoms with Crippen LogP contribution in [-0.2, 0) is 0 Å². The Labute approximate surface area is 152 Å². The first-order valence-electron chi connectivity index (χ1n) is 8.21. The normalized spacial score (nSPS) is 16.0. The largest absolute Gasteiger partial charge is 0.369 e. The molecule has 1 saturated heterocycles. The number of benzene rings is 1. The second-order valence-electron chi connectivity index (χ2n) is 5.79. The van der Waals surface area contributed by atoms with E-state index in [9.17, 15) is 0 Å². The van der Waals surface area contributed by atoms with Crippen LogP contribution < -0.4 is 4.90 Å². The summed E-state index contributed by atoms with van der Waals surface area (Å²) in [6, 6.07) is 8.86. The van der Waals surface area contributed by atoms with Crippen LogP contribution in [0.25, 0.3) is 16.0 Å². The summed E-state index contributed by atoms with van der Waals surface area (Å²) >= 11 is 3.68. The van der Waals surface area contributed by atoms with Crippen LogP contribution in [0.1, 0.15) is 18.4 Å². The smallest absolute Gasteiger partial charge is 0.125 e. The van der Waals surface area contributed by atoms with E-state index < -0.39 is 0 Å². The van der Waals surface area contributed by atoms with Gasteiger partial charge < -0.3 is 4.90 Å². The van der Waals surface area contributed by atoms with Gasteiger partial charge in [-0.15, -0.1) is 11.3 Å². The lowest BCUT2D eigenvalue weighted by Gasteiger charge is -2.40. The predicted molar refractivity (Wildman–Crippen MR) is 110 cm³/mol. The van der Waals surface area contributed by atoms with Crippen LogP contribution in [0.3, 0.4) is 0 Å². The van der Waals surface area contributed by atoms with Gasteiger partial charge in [-0.1, -0.05) is 25.1 Å². The number of hydrogen-bond acceptors (Lipinski definition) is 5. The van der Waals surface area contributed by atoms with Crippen molar-refractivity contribution in [3.63, 3.8) is 0 Å². The molecule has 2 heterocycles. The van der Waals surface area contributed by atoms with Crippen molar-refractivity contribution in [2.24, 2.45) is 4.99 Å². The highest BCUT2D eigenvalue weighted by atomic mass is 32.2. The maximum Gasteiger partial charge on any atom is 0.125 e. The summed E-state index contributed by atoms with van der Waals surface area (Å²) in [6.07, 6.45) is 9.20. The van der Waals surface area contributed by atoms with Gasteiger partial charge in [0.2, 0.25) is 0 Å². The lowest BCUT2D eigenvalue weighted by molar-refractivity contribution is 0.636. The lowest BCUT2D eigenvalue weighted by Crippen LogP contribution is -2.48. The molecule has 3 nitrogen and oxygen atoms in total. The SMILES string of the molecule is CC/C=C(\C=NC)c1ncc(-c2ccc(N3CC(SC)C3)cc2)s1. The molecular formula is C19H23N3S2. The number of thiazole rings is 1. The molecule has 0 amide bonds. The summed E-state index contributed by atoms with van der Waals surface area (Å²) in [5.41, 5.74) is 3.66. The van der Waals surface area contributed by atoms with Gasteiger partial charge in [0.1, 0.15) is 5.01 Å². The number of rotatable bonds is 6. The van der Waals surface area contributed by atoms with Crippen LogP contribution in [0.4, 0.5) is 5.69 Å². The molecule has 0 N–H and O–H groups in total. The quantitative estimate of drug-likeness (QED) is 0.692. The predicted octanol–water partition coefficient (Wildman–Crippen LogP) is 4.86. The van der Waals surface area contributed by atoms with E-state index in [1.54, 1.807) is 18.4 Å². The molecule has 1 aliphatic heterocycles. The molecule has 0 aliphatic carbocycles. The van der Waals surface area contributed by atoms with Gasteiger partial charge in [-0.2, -0.15) is 11.8 Å². The second-order valence-corrected chi connectivity index (χ2v) is 7.96. The van der Waals surface area contributed by atoms with Crippen molar-refractivity contribution in [2.75, 3.05) is 31.3 Å². The van der Waals surface area contributed by atoms with Gasteiger partial charge in [0.15, 0.2) is 0 Å². The molecular weight excluding hydrogens is 334 g/mol. The summed E-state index contributed by atoms with van der Waals surface area (Å²) in [5, 5.41) is 1.82. The van der Waals surface area contributed by atoms with E-state index in [0.717, 1.165) is 35.3 Å². The van der Waals surface area contributed by atoms with Gasteiger partial charge in [-0.05, 0) is 30.4 Å². The fourth-order valence-corrected chi connectivity index (χ4v) is 4.31. The number of nitrogens with zero attached hydrogens (tertiary/aromatic N) is 3. The average molecular weight is 358 g/mol. The first-order chi connectivity index (χ1) is 11.7. The molecule has 0 bridgehead atoms. The Balaban J connectivity index is 1.74. The standard InChI is InChI=1S/C19H23N3S2/c1-4-5-15(10-20-2)19-21-11-18(24-19)14-6-8-16(9-7-14)22-12-17(13-22)23-3/h5-11,17H,4,12-13H2,1-3H3/b15-5+,20-10?. The number of aliphatic imine (C=N–C) groups is 1. The van der Waals surface area contributed by atoms with E-state index in [4.69, 9.17) is 0 Å². The fourth-order valence-electron chi connectivity index (χ4n) is 2.73. The third kappa shape index (κ3) is 3.73. The zero-order valence-electron chi connectivity index (χ0n) is 14.4. The molecule has 0 spiro atoms. The molecule has 3 rings (SSSR count). The van der Waals surface area contributed by atoms with Gasteiger partial charge in [0.05, 0.1) is 4.88 Å². The van der Waals surface area contributed by atoms with Crippen LogP contribution >= 0.6 is 23.1 Å². The molecule has 0 atom stereocenters. The van der Waals surface area contributed by atoms with Crippen LogP contribution in [0.5, 0.6) is 0 Å². The van der Waals surface area contributed by atoms with E-state index in [0.29, 0.717) is 0 Å². The zero-order chi connectivity index (χ0) is 16.9. The van der Waals surface area contributed by atoms with Crippen LogP contribution in [0.15, 0.2) is 41.5 Å². The van der Waals surface area contributed by atoms with Crippen molar-refractivity contribution < 1.29 is 0 Å². The molecule has 1 fully saturated rings. The summed E-state index contributed by atoms with van der Waals surface area (Å²) in [5.74, 6) is 0. The molecule has 126 valence electrons. The minimum atomic E-state index is 0.790. The first-order valence-corrected chi connectivity index (χ1v) is 10.3. The van der Waals surface area contributed by atoms with E-state index in [1.807, 2.05) is 24.2 Å². The molecule has 1 aromatic heterocycles. The minimum Gasteiger partial charge on any atom is -0.369 e. The van der Waals surface area contributed by atoms with E-state index >= 15 is 0 Å². The third-order valence-corrected chi connectivity index (χ3v) is 6.20. The highest BCUT2D eigenvalue weighted by molar-refractivity contribution is 7.99. The highest BCUT2D eigenvalue weighted by Crippen LogP contribution is 2.32. The van der Waals surface area contributed by atoms with E-state index in [1.165, 1.54) is 16.1 Å². The van der Waals surface area contributed by atoms with Gasteiger partial charge >= 0.3 is 0 Å². The average Bonchev–Trinajstić information content (AvgIpc) is 3.04. The fraction of sp³-hybridized carbons (Fsp3) is 0.368. The Kier molecular flexibility index (Phi) is 5.74. The maximum absolute atomic E-state index is 4.58.